The van der Waals surface area contributed by atoms with Crippen molar-refractivity contribution in [3.8, 4) is 5.75 Å². The predicted octanol–water partition coefficient (Wildman–Crippen LogP) is 1.26. The van der Waals surface area contributed by atoms with Gasteiger partial charge in [-0.05, 0) is 19.1 Å². The van der Waals surface area contributed by atoms with E-state index in [1.165, 1.54) is 32.2 Å². The standard InChI is InChI=1S/C18H21N2O9P/c1-11-9-20(18(23)19-17(11)22)16-8-14(15(27-16)10-26-12(2)21)29-30(24,25)28-13-6-4-3-5-7-13/h3-7,9,14-16H,8,10H2,1-2H3,(H,24,25)(H,19,22,23)/t14-,15+,16+/m0/s1. The average molecular weight is 440 g/mol. The molecule has 0 radical (unpaired) electrons. The lowest BCUT2D eigenvalue weighted by molar-refractivity contribution is -0.147. The van der Waals surface area contributed by atoms with Crippen LogP contribution in [-0.4, -0.2) is 39.2 Å². The molecule has 2 aromatic rings. The van der Waals surface area contributed by atoms with Crippen LogP contribution in [0.4, 0.5) is 0 Å². The molecule has 2 heterocycles. The van der Waals surface area contributed by atoms with Gasteiger partial charge in [-0.25, -0.2) is 9.36 Å². The van der Waals surface area contributed by atoms with Crippen molar-refractivity contribution in [2.24, 2.45) is 0 Å². The Balaban J connectivity index is 1.81. The number of ether oxygens (including phenoxy) is 2. The zero-order valence-corrected chi connectivity index (χ0v) is 17.1. The molecule has 0 aliphatic carbocycles. The van der Waals surface area contributed by atoms with E-state index in [4.69, 9.17) is 18.5 Å². The van der Waals surface area contributed by atoms with Gasteiger partial charge in [0.1, 0.15) is 30.8 Å². The van der Waals surface area contributed by atoms with E-state index in [9.17, 15) is 23.8 Å². The van der Waals surface area contributed by atoms with Gasteiger partial charge < -0.3 is 14.0 Å². The van der Waals surface area contributed by atoms with Gasteiger partial charge in [-0.1, -0.05) is 18.2 Å². The first-order valence-corrected chi connectivity index (χ1v) is 10.5. The Morgan fingerprint density at radius 3 is 2.70 bits per heavy atom. The van der Waals surface area contributed by atoms with Crippen molar-refractivity contribution in [3.63, 3.8) is 0 Å². The van der Waals surface area contributed by atoms with Crippen LogP contribution < -0.4 is 15.8 Å². The molecule has 0 amide bonds. The molecule has 0 saturated carbocycles. The fraction of sp³-hybridized carbons (Fsp3) is 0.389. The van der Waals surface area contributed by atoms with E-state index in [1.54, 1.807) is 18.2 Å². The van der Waals surface area contributed by atoms with Gasteiger partial charge in [0, 0.05) is 25.1 Å². The van der Waals surface area contributed by atoms with Gasteiger partial charge in [-0.3, -0.25) is 28.6 Å². The number of phosphoric ester groups is 1. The van der Waals surface area contributed by atoms with Crippen molar-refractivity contribution in [2.45, 2.75) is 38.7 Å². The van der Waals surface area contributed by atoms with Crippen molar-refractivity contribution in [2.75, 3.05) is 6.61 Å². The number of nitrogens with one attached hydrogen (secondary N) is 1. The number of benzene rings is 1. The third-order valence-corrected chi connectivity index (χ3v) is 5.30. The Hall–Kier alpha value is -2.72. The quantitative estimate of drug-likeness (QED) is 0.480. The zero-order valence-electron chi connectivity index (χ0n) is 16.2. The Bertz CT molecular complexity index is 1070. The molecule has 2 N–H and O–H groups in total. The lowest BCUT2D eigenvalue weighted by Crippen LogP contribution is -2.33. The van der Waals surface area contributed by atoms with Gasteiger partial charge in [0.25, 0.3) is 5.56 Å². The number of carbonyl (C=O) groups excluding carboxylic acids is 1. The molecule has 12 heteroatoms. The van der Waals surface area contributed by atoms with Crippen LogP contribution in [0.5, 0.6) is 5.75 Å². The number of aryl methyl sites for hydroxylation is 1. The number of aromatic nitrogens is 2. The summed E-state index contributed by atoms with van der Waals surface area (Å²) in [7, 11) is -4.56. The van der Waals surface area contributed by atoms with E-state index in [-0.39, 0.29) is 24.3 Å². The van der Waals surface area contributed by atoms with Crippen LogP contribution in [-0.2, 0) is 23.4 Å². The molecule has 0 spiro atoms. The minimum Gasteiger partial charge on any atom is -0.463 e. The Kier molecular flexibility index (Phi) is 6.57. The molecule has 3 rings (SSSR count). The second kappa shape index (κ2) is 8.97. The van der Waals surface area contributed by atoms with Gasteiger partial charge in [0.2, 0.25) is 0 Å². The Morgan fingerprint density at radius 1 is 1.33 bits per heavy atom. The summed E-state index contributed by atoms with van der Waals surface area (Å²) < 4.78 is 34.6. The molecule has 1 aliphatic heterocycles. The van der Waals surface area contributed by atoms with Gasteiger partial charge in [-0.2, -0.15) is 0 Å². The molecular formula is C18H21N2O9P. The molecule has 11 nitrogen and oxygen atoms in total. The molecule has 0 bridgehead atoms. The first-order valence-electron chi connectivity index (χ1n) is 9.01. The van der Waals surface area contributed by atoms with Crippen molar-refractivity contribution in [3.05, 3.63) is 62.9 Å². The predicted molar refractivity (Wildman–Crippen MR) is 103 cm³/mol. The van der Waals surface area contributed by atoms with E-state index < -0.39 is 43.5 Å². The first-order chi connectivity index (χ1) is 14.1. The number of hydrogen-bond acceptors (Lipinski definition) is 8. The van der Waals surface area contributed by atoms with Gasteiger partial charge in [0.15, 0.2) is 0 Å². The first kappa shape index (κ1) is 22.0. The van der Waals surface area contributed by atoms with E-state index in [1.807, 2.05) is 0 Å². The maximum absolute atomic E-state index is 12.5. The zero-order chi connectivity index (χ0) is 21.9. The number of carbonyl (C=O) groups is 1. The summed E-state index contributed by atoms with van der Waals surface area (Å²) in [5, 5.41) is 0. The second-order valence-corrected chi connectivity index (χ2v) is 7.99. The maximum Gasteiger partial charge on any atom is 0.527 e. The van der Waals surface area contributed by atoms with Crippen molar-refractivity contribution < 1.29 is 32.8 Å². The van der Waals surface area contributed by atoms with Gasteiger partial charge in [0.05, 0.1) is 0 Å². The molecule has 1 aliphatic rings. The molecule has 4 atom stereocenters. The number of aromatic amines is 1. The largest absolute Gasteiger partial charge is 0.527 e. The summed E-state index contributed by atoms with van der Waals surface area (Å²) in [6, 6.07) is 7.93. The average Bonchev–Trinajstić information content (AvgIpc) is 3.05. The fourth-order valence-corrected chi connectivity index (χ4v) is 3.93. The molecule has 1 aromatic heterocycles. The molecule has 162 valence electrons. The van der Waals surface area contributed by atoms with Crippen LogP contribution in [0, 0.1) is 6.92 Å². The summed E-state index contributed by atoms with van der Waals surface area (Å²) in [4.78, 5) is 47.2. The summed E-state index contributed by atoms with van der Waals surface area (Å²) >= 11 is 0. The molecule has 1 unspecified atom stereocenters. The lowest BCUT2D eigenvalue weighted by Gasteiger charge is -2.21. The number of para-hydroxylation sites is 1. The highest BCUT2D eigenvalue weighted by atomic mass is 31.2. The maximum atomic E-state index is 12.5. The van der Waals surface area contributed by atoms with E-state index in [2.05, 4.69) is 4.98 Å². The van der Waals surface area contributed by atoms with E-state index in [0.29, 0.717) is 0 Å². The van der Waals surface area contributed by atoms with Gasteiger partial charge >= 0.3 is 19.5 Å². The normalized spacial score (nSPS) is 23.0. The summed E-state index contributed by atoms with van der Waals surface area (Å²) in [6.07, 6.45) is -1.61. The summed E-state index contributed by atoms with van der Waals surface area (Å²) in [6.45, 7) is 2.45. The van der Waals surface area contributed by atoms with Crippen molar-refractivity contribution >= 4 is 13.8 Å². The monoisotopic (exact) mass is 440 g/mol. The van der Waals surface area contributed by atoms with E-state index in [0.717, 1.165) is 4.57 Å². The minimum absolute atomic E-state index is 0.0278. The molecule has 1 aromatic carbocycles. The van der Waals surface area contributed by atoms with Gasteiger partial charge in [-0.15, -0.1) is 0 Å². The van der Waals surface area contributed by atoms with Crippen LogP contribution >= 0.6 is 7.82 Å². The van der Waals surface area contributed by atoms with Crippen molar-refractivity contribution in [1.29, 1.82) is 0 Å². The highest BCUT2D eigenvalue weighted by molar-refractivity contribution is 7.47. The molecule has 1 saturated heterocycles. The number of H-pyrrole nitrogens is 1. The van der Waals surface area contributed by atoms with Crippen LogP contribution in [0.3, 0.4) is 0 Å². The molecular weight excluding hydrogens is 419 g/mol. The third-order valence-electron chi connectivity index (χ3n) is 4.32. The molecule has 1 fully saturated rings. The fourth-order valence-electron chi connectivity index (χ4n) is 2.94. The summed E-state index contributed by atoms with van der Waals surface area (Å²) in [5.74, 6) is -0.451. The van der Waals surface area contributed by atoms with Crippen LogP contribution in [0.15, 0.2) is 46.1 Å². The number of rotatable bonds is 7. The highest BCUT2D eigenvalue weighted by Gasteiger charge is 2.43. The number of nitrogens with zero attached hydrogens (tertiary/aromatic N) is 1. The Labute approximate surface area is 170 Å². The number of hydrogen-bond donors (Lipinski definition) is 2. The third kappa shape index (κ3) is 5.45. The SMILES string of the molecule is CC(=O)OC[C@H]1O[C@@H](n2cc(C)c(=O)[nH]c2=O)C[C@@H]1OP(=O)(O)Oc1ccccc1. The van der Waals surface area contributed by atoms with Crippen molar-refractivity contribution in [1.82, 2.24) is 9.55 Å². The Morgan fingerprint density at radius 2 is 2.03 bits per heavy atom. The number of phosphoric acid groups is 1. The smallest absolute Gasteiger partial charge is 0.463 e. The summed E-state index contributed by atoms with van der Waals surface area (Å²) in [5.41, 5.74) is -0.968. The second-order valence-electron chi connectivity index (χ2n) is 6.66. The lowest BCUT2D eigenvalue weighted by atomic mass is 10.2. The minimum atomic E-state index is -4.56. The van der Waals surface area contributed by atoms with E-state index >= 15 is 0 Å². The van der Waals surface area contributed by atoms with Crippen LogP contribution in [0.2, 0.25) is 0 Å². The highest BCUT2D eigenvalue weighted by Crippen LogP contribution is 2.48. The van der Waals surface area contributed by atoms with Crippen LogP contribution in [0.1, 0.15) is 25.1 Å². The number of esters is 1. The molecule has 30 heavy (non-hydrogen) atoms. The van der Waals surface area contributed by atoms with Crippen LogP contribution in [0.25, 0.3) is 0 Å². The topological polar surface area (TPSA) is 146 Å².